The minimum Gasteiger partial charge on any atom is -0.480 e. The van der Waals surface area contributed by atoms with Crippen molar-refractivity contribution in [1.82, 2.24) is 19.9 Å². The monoisotopic (exact) mass is 439 g/mol. The van der Waals surface area contributed by atoms with E-state index in [1.54, 1.807) is 6.20 Å². The number of alkyl halides is 3. The molecule has 12 heteroatoms. The number of aliphatic hydroxyl groups is 2. The molecule has 1 aliphatic rings. The highest BCUT2D eigenvalue weighted by Crippen LogP contribution is 2.39. The molecule has 3 aromatic heterocycles. The molecule has 1 aliphatic carbocycles. The van der Waals surface area contributed by atoms with Gasteiger partial charge in [0, 0.05) is 17.8 Å². The third-order valence-corrected chi connectivity index (χ3v) is 5.29. The maximum Gasteiger partial charge on any atom is 0.418 e. The van der Waals surface area contributed by atoms with Crippen molar-refractivity contribution in [2.45, 2.75) is 31.2 Å². The minimum atomic E-state index is -4.58. The van der Waals surface area contributed by atoms with Crippen LogP contribution in [0.1, 0.15) is 41.1 Å². The van der Waals surface area contributed by atoms with E-state index in [2.05, 4.69) is 25.3 Å². The maximum atomic E-state index is 13.2. The van der Waals surface area contributed by atoms with E-state index in [1.165, 1.54) is 11.7 Å². The van der Waals surface area contributed by atoms with E-state index in [4.69, 9.17) is 9.84 Å². The van der Waals surface area contributed by atoms with Crippen LogP contribution in [0.15, 0.2) is 30.2 Å². The number of nitrogens with one attached hydrogen (secondary N) is 1. The zero-order valence-corrected chi connectivity index (χ0v) is 16.1. The number of rotatable bonds is 6. The van der Waals surface area contributed by atoms with Gasteiger partial charge in [0.2, 0.25) is 0 Å². The number of thiazole rings is 1. The van der Waals surface area contributed by atoms with Crippen molar-refractivity contribution < 1.29 is 28.1 Å². The fraction of sp³-hybridized carbons (Fsp3) is 0.333. The third kappa shape index (κ3) is 4.20. The van der Waals surface area contributed by atoms with Crippen molar-refractivity contribution in [2.24, 2.45) is 0 Å². The summed E-state index contributed by atoms with van der Waals surface area (Å²) in [6.07, 6.45) is -1.32. The molecule has 4 rings (SSSR count). The molecule has 0 fully saturated rings. The molecule has 0 aliphatic heterocycles. The van der Waals surface area contributed by atoms with Crippen LogP contribution in [0.3, 0.4) is 0 Å². The summed E-state index contributed by atoms with van der Waals surface area (Å²) in [5.74, 6) is -0.0503. The van der Waals surface area contributed by atoms with Crippen molar-refractivity contribution in [3.05, 3.63) is 52.7 Å². The number of ether oxygens (including phenoxy) is 1. The second kappa shape index (κ2) is 8.13. The third-order valence-electron chi connectivity index (χ3n) is 4.51. The van der Waals surface area contributed by atoms with Gasteiger partial charge in [0.15, 0.2) is 16.7 Å². The summed E-state index contributed by atoms with van der Waals surface area (Å²) in [4.78, 5) is 16.1. The highest BCUT2D eigenvalue weighted by atomic mass is 32.1. The summed E-state index contributed by atoms with van der Waals surface area (Å²) in [6, 6.07) is 0.881. The van der Waals surface area contributed by atoms with E-state index in [1.807, 2.05) is 0 Å². The Morgan fingerprint density at radius 2 is 2.13 bits per heavy atom. The Kier molecular flexibility index (Phi) is 5.54. The second-order valence-corrected chi connectivity index (χ2v) is 7.41. The normalized spacial score (nSPS) is 16.9. The SMILES string of the molecule is OCC(O)c1csc(Nc2ncc(C(F)(F)F)cc2OC2CCc3cncnc32)n1. The summed E-state index contributed by atoms with van der Waals surface area (Å²) in [6.45, 7) is -0.501. The van der Waals surface area contributed by atoms with Gasteiger partial charge in [0.25, 0.3) is 0 Å². The van der Waals surface area contributed by atoms with Crippen molar-refractivity contribution in [1.29, 1.82) is 0 Å². The van der Waals surface area contributed by atoms with E-state index in [-0.39, 0.29) is 22.4 Å². The lowest BCUT2D eigenvalue weighted by Crippen LogP contribution is -2.11. The van der Waals surface area contributed by atoms with E-state index in [0.717, 1.165) is 23.0 Å². The standard InChI is InChI=1S/C18H16F3N5O3S/c19-18(20,21)10-3-14(29-13-2-1-9-4-22-8-24-15(9)13)16(23-5-10)26-17-25-11(7-30-17)12(28)6-27/h3-5,7-8,12-13,27-28H,1-2,6H2,(H,23,25,26). The highest BCUT2D eigenvalue weighted by molar-refractivity contribution is 7.13. The predicted molar refractivity (Wildman–Crippen MR) is 100 cm³/mol. The van der Waals surface area contributed by atoms with Gasteiger partial charge in [0.1, 0.15) is 18.5 Å². The van der Waals surface area contributed by atoms with Crippen molar-refractivity contribution in [3.63, 3.8) is 0 Å². The average Bonchev–Trinajstić information content (AvgIpc) is 3.35. The van der Waals surface area contributed by atoms with Gasteiger partial charge in [0.05, 0.1) is 23.6 Å². The van der Waals surface area contributed by atoms with Crippen LogP contribution in [-0.4, -0.2) is 36.8 Å². The summed E-state index contributed by atoms with van der Waals surface area (Å²) in [7, 11) is 0. The number of hydrogen-bond donors (Lipinski definition) is 3. The largest absolute Gasteiger partial charge is 0.480 e. The molecule has 2 atom stereocenters. The fourth-order valence-corrected chi connectivity index (χ4v) is 3.77. The van der Waals surface area contributed by atoms with Crippen molar-refractivity contribution in [2.75, 3.05) is 11.9 Å². The Morgan fingerprint density at radius 3 is 2.90 bits per heavy atom. The maximum absolute atomic E-state index is 13.2. The first kappa shape index (κ1) is 20.4. The lowest BCUT2D eigenvalue weighted by Gasteiger charge is -2.18. The van der Waals surface area contributed by atoms with Crippen LogP contribution in [0.25, 0.3) is 0 Å². The molecule has 3 aromatic rings. The van der Waals surface area contributed by atoms with Gasteiger partial charge < -0.3 is 20.3 Å². The van der Waals surface area contributed by atoms with Crippen LogP contribution in [0.5, 0.6) is 5.75 Å². The number of pyridine rings is 1. The molecule has 158 valence electrons. The Labute approximate surface area is 172 Å². The first-order valence-corrected chi connectivity index (χ1v) is 9.77. The highest BCUT2D eigenvalue weighted by Gasteiger charge is 2.33. The van der Waals surface area contributed by atoms with E-state index in [9.17, 15) is 18.3 Å². The van der Waals surface area contributed by atoms with Crippen molar-refractivity contribution in [3.8, 4) is 5.75 Å². The van der Waals surface area contributed by atoms with Gasteiger partial charge in [-0.05, 0) is 24.5 Å². The summed E-state index contributed by atoms with van der Waals surface area (Å²) < 4.78 is 45.5. The zero-order chi connectivity index (χ0) is 21.3. The Bertz CT molecular complexity index is 1050. The number of fused-ring (bicyclic) bond motifs is 1. The summed E-state index contributed by atoms with van der Waals surface area (Å²) in [5, 5.41) is 23.3. The Morgan fingerprint density at radius 1 is 1.30 bits per heavy atom. The molecule has 0 aromatic carbocycles. The average molecular weight is 439 g/mol. The van der Waals surface area contributed by atoms with Crippen LogP contribution < -0.4 is 10.1 Å². The first-order chi connectivity index (χ1) is 14.3. The second-order valence-electron chi connectivity index (χ2n) is 6.55. The molecule has 3 heterocycles. The molecule has 0 amide bonds. The number of aromatic nitrogens is 4. The quantitative estimate of drug-likeness (QED) is 0.537. The molecular formula is C18H16F3N5O3S. The Balaban J connectivity index is 1.64. The number of aliphatic hydroxyl groups excluding tert-OH is 2. The molecule has 30 heavy (non-hydrogen) atoms. The lowest BCUT2D eigenvalue weighted by molar-refractivity contribution is -0.138. The van der Waals surface area contributed by atoms with Crippen LogP contribution in [0.2, 0.25) is 0 Å². The number of hydrogen-bond acceptors (Lipinski definition) is 9. The van der Waals surface area contributed by atoms with Crippen LogP contribution in [0, 0.1) is 0 Å². The lowest BCUT2D eigenvalue weighted by atomic mass is 10.2. The number of halogens is 3. The van der Waals surface area contributed by atoms with Gasteiger partial charge in [-0.15, -0.1) is 11.3 Å². The van der Waals surface area contributed by atoms with Crippen LogP contribution >= 0.6 is 11.3 Å². The first-order valence-electron chi connectivity index (χ1n) is 8.89. The van der Waals surface area contributed by atoms with Gasteiger partial charge >= 0.3 is 6.18 Å². The minimum absolute atomic E-state index is 0.0462. The molecule has 0 bridgehead atoms. The fourth-order valence-electron chi connectivity index (χ4n) is 3.02. The number of anilines is 2. The van der Waals surface area contributed by atoms with Gasteiger partial charge in [-0.25, -0.2) is 19.9 Å². The molecular weight excluding hydrogens is 423 g/mol. The molecule has 2 unspecified atom stereocenters. The molecule has 0 saturated carbocycles. The predicted octanol–water partition coefficient (Wildman–Crippen LogP) is 3.18. The molecule has 3 N–H and O–H groups in total. The van der Waals surface area contributed by atoms with E-state index >= 15 is 0 Å². The Hall–Kier alpha value is -2.83. The summed E-state index contributed by atoms with van der Waals surface area (Å²) in [5.41, 5.74) is 0.816. The van der Waals surface area contributed by atoms with Crippen LogP contribution in [-0.2, 0) is 12.6 Å². The van der Waals surface area contributed by atoms with E-state index in [0.29, 0.717) is 24.7 Å². The van der Waals surface area contributed by atoms with Crippen LogP contribution in [0.4, 0.5) is 24.1 Å². The molecule has 0 radical (unpaired) electrons. The van der Waals surface area contributed by atoms with Crippen molar-refractivity contribution >= 4 is 22.3 Å². The smallest absolute Gasteiger partial charge is 0.418 e. The topological polar surface area (TPSA) is 113 Å². The van der Waals surface area contributed by atoms with E-state index < -0.39 is 30.6 Å². The molecule has 0 saturated heterocycles. The molecule has 0 spiro atoms. The van der Waals surface area contributed by atoms with Gasteiger partial charge in [-0.3, -0.25) is 0 Å². The number of nitrogens with zero attached hydrogens (tertiary/aromatic N) is 4. The summed E-state index contributed by atoms with van der Waals surface area (Å²) >= 11 is 1.11. The molecule has 8 nitrogen and oxygen atoms in total. The zero-order valence-electron chi connectivity index (χ0n) is 15.3. The van der Waals surface area contributed by atoms with Gasteiger partial charge in [-0.2, -0.15) is 13.2 Å². The number of aryl methyl sites for hydroxylation is 1. The van der Waals surface area contributed by atoms with Gasteiger partial charge in [-0.1, -0.05) is 0 Å².